The molecule has 0 bridgehead atoms. The van der Waals surface area contributed by atoms with Gasteiger partial charge in [-0.3, -0.25) is 14.9 Å². The molecule has 1 aliphatic heterocycles. The maximum atomic E-state index is 13.5. The van der Waals surface area contributed by atoms with Crippen molar-refractivity contribution in [1.82, 2.24) is 0 Å². The van der Waals surface area contributed by atoms with Crippen molar-refractivity contribution in [2.45, 2.75) is 6.18 Å². The molecule has 1 fully saturated rings. The molecule has 0 spiro atoms. The first-order valence-corrected chi connectivity index (χ1v) is 8.46. The quantitative estimate of drug-likeness (QED) is 0.468. The molecule has 1 N–H and O–H groups in total. The number of halogens is 4. The number of carbonyl (C=O) groups is 1. The number of nitrogens with one attached hydrogen (secondary N) is 1. The van der Waals surface area contributed by atoms with Gasteiger partial charge in [0, 0.05) is 30.4 Å². The summed E-state index contributed by atoms with van der Waals surface area (Å²) in [4.78, 5) is 23.8. The molecule has 154 valence electrons. The van der Waals surface area contributed by atoms with E-state index in [9.17, 15) is 32.5 Å². The van der Waals surface area contributed by atoms with Crippen LogP contribution < -0.4 is 10.2 Å². The molecule has 0 saturated carbocycles. The lowest BCUT2D eigenvalue weighted by atomic mass is 10.1. The van der Waals surface area contributed by atoms with E-state index in [4.69, 9.17) is 4.74 Å². The Kier molecular flexibility index (Phi) is 5.69. The monoisotopic (exact) mass is 413 g/mol. The molecule has 11 heteroatoms. The molecule has 0 unspecified atom stereocenters. The van der Waals surface area contributed by atoms with Crippen LogP contribution in [-0.2, 0) is 10.9 Å². The highest BCUT2D eigenvalue weighted by Gasteiger charge is 2.35. The second-order valence-corrected chi connectivity index (χ2v) is 6.20. The highest BCUT2D eigenvalue weighted by molar-refractivity contribution is 6.05. The fourth-order valence-electron chi connectivity index (χ4n) is 2.88. The Bertz CT molecular complexity index is 943. The van der Waals surface area contributed by atoms with E-state index in [-0.39, 0.29) is 5.56 Å². The lowest BCUT2D eigenvalue weighted by Gasteiger charge is -2.29. The van der Waals surface area contributed by atoms with Crippen LogP contribution in [0.5, 0.6) is 0 Å². The highest BCUT2D eigenvalue weighted by Crippen LogP contribution is 2.37. The Balaban J connectivity index is 1.91. The molecule has 3 rings (SSSR count). The number of benzene rings is 2. The Hall–Kier alpha value is -3.21. The van der Waals surface area contributed by atoms with Crippen molar-refractivity contribution < 1.29 is 32.0 Å². The van der Waals surface area contributed by atoms with Crippen LogP contribution in [0.4, 0.5) is 34.6 Å². The lowest BCUT2D eigenvalue weighted by Crippen LogP contribution is -2.36. The average Bonchev–Trinajstić information content (AvgIpc) is 2.68. The molecule has 7 nitrogen and oxygen atoms in total. The van der Waals surface area contributed by atoms with Crippen LogP contribution in [0.3, 0.4) is 0 Å². The Morgan fingerprint density at radius 2 is 1.83 bits per heavy atom. The van der Waals surface area contributed by atoms with Crippen LogP contribution in [0.1, 0.15) is 15.9 Å². The summed E-state index contributed by atoms with van der Waals surface area (Å²) in [6.45, 7) is 1.65. The van der Waals surface area contributed by atoms with E-state index in [0.29, 0.717) is 44.1 Å². The van der Waals surface area contributed by atoms with Crippen molar-refractivity contribution >= 4 is 23.0 Å². The summed E-state index contributed by atoms with van der Waals surface area (Å²) in [5.41, 5.74) is -2.53. The van der Waals surface area contributed by atoms with Crippen LogP contribution >= 0.6 is 0 Å². The Morgan fingerprint density at radius 3 is 2.45 bits per heavy atom. The zero-order valence-corrected chi connectivity index (χ0v) is 14.8. The molecule has 1 heterocycles. The summed E-state index contributed by atoms with van der Waals surface area (Å²) in [5, 5.41) is 12.9. The van der Waals surface area contributed by atoms with Gasteiger partial charge in [-0.2, -0.15) is 17.6 Å². The van der Waals surface area contributed by atoms with Crippen molar-refractivity contribution in [2.75, 3.05) is 36.5 Å². The number of hydrogen-bond acceptors (Lipinski definition) is 5. The number of nitrogens with zero attached hydrogens (tertiary/aromatic N) is 2. The third-order valence-corrected chi connectivity index (χ3v) is 4.34. The number of nitro groups is 1. The summed E-state index contributed by atoms with van der Waals surface area (Å²) < 4.78 is 59.2. The molecule has 29 heavy (non-hydrogen) atoms. The van der Waals surface area contributed by atoms with Crippen LogP contribution in [0.25, 0.3) is 0 Å². The van der Waals surface area contributed by atoms with Crippen molar-refractivity contribution in [1.29, 1.82) is 0 Å². The van der Waals surface area contributed by atoms with Crippen molar-refractivity contribution in [3.05, 3.63) is 63.5 Å². The van der Waals surface area contributed by atoms with Crippen LogP contribution in [-0.4, -0.2) is 37.1 Å². The topological polar surface area (TPSA) is 84.7 Å². The number of alkyl halides is 3. The zero-order chi connectivity index (χ0) is 21.2. The summed E-state index contributed by atoms with van der Waals surface area (Å²) in [5.74, 6) is -2.19. The predicted molar refractivity (Wildman–Crippen MR) is 95.5 cm³/mol. The summed E-state index contributed by atoms with van der Waals surface area (Å²) in [7, 11) is 0. The maximum absolute atomic E-state index is 13.5. The van der Waals surface area contributed by atoms with Gasteiger partial charge >= 0.3 is 11.9 Å². The molecule has 2 aromatic rings. The molecule has 0 aromatic heterocycles. The van der Waals surface area contributed by atoms with Gasteiger partial charge in [0.25, 0.3) is 5.91 Å². The average molecular weight is 413 g/mol. The van der Waals surface area contributed by atoms with E-state index in [1.165, 1.54) is 6.07 Å². The lowest BCUT2D eigenvalue weighted by molar-refractivity contribution is -0.387. The number of ether oxygens (including phenoxy) is 1. The second-order valence-electron chi connectivity index (χ2n) is 6.20. The van der Waals surface area contributed by atoms with Gasteiger partial charge in [-0.15, -0.1) is 0 Å². The van der Waals surface area contributed by atoms with E-state index in [1.807, 2.05) is 0 Å². The number of hydrogen-bond donors (Lipinski definition) is 1. The molecule has 0 atom stereocenters. The first kappa shape index (κ1) is 20.5. The second kappa shape index (κ2) is 8.03. The first-order chi connectivity index (χ1) is 13.7. The minimum Gasteiger partial charge on any atom is -0.378 e. The molecule has 2 aromatic carbocycles. The van der Waals surface area contributed by atoms with E-state index < -0.39 is 39.8 Å². The van der Waals surface area contributed by atoms with Gasteiger partial charge in [-0.05, 0) is 30.3 Å². The highest BCUT2D eigenvalue weighted by atomic mass is 19.4. The van der Waals surface area contributed by atoms with E-state index in [1.54, 1.807) is 4.90 Å². The van der Waals surface area contributed by atoms with Crippen molar-refractivity contribution in [3.8, 4) is 0 Å². The predicted octanol–water partition coefficient (Wildman–Crippen LogP) is 3.84. The summed E-state index contributed by atoms with van der Waals surface area (Å²) in [6.07, 6.45) is -4.75. The van der Waals surface area contributed by atoms with Crippen LogP contribution in [0.15, 0.2) is 36.4 Å². The number of amides is 1. The van der Waals surface area contributed by atoms with Crippen molar-refractivity contribution in [3.63, 3.8) is 0 Å². The fraction of sp³-hybridized carbons (Fsp3) is 0.278. The number of carbonyl (C=O) groups excluding carboxylic acids is 1. The zero-order valence-electron chi connectivity index (χ0n) is 14.8. The third kappa shape index (κ3) is 4.62. The van der Waals surface area contributed by atoms with Crippen LogP contribution in [0.2, 0.25) is 0 Å². The van der Waals surface area contributed by atoms with Gasteiger partial charge in [-0.1, -0.05) is 0 Å². The van der Waals surface area contributed by atoms with Crippen LogP contribution in [0, 0.1) is 15.9 Å². The number of morpholine rings is 1. The maximum Gasteiger partial charge on any atom is 0.418 e. The van der Waals surface area contributed by atoms with Gasteiger partial charge in [-0.25, -0.2) is 0 Å². The first-order valence-electron chi connectivity index (χ1n) is 8.46. The van der Waals surface area contributed by atoms with E-state index >= 15 is 0 Å². The molecule has 1 aliphatic rings. The van der Waals surface area contributed by atoms with Gasteiger partial charge in [0.1, 0.15) is 0 Å². The molecule has 1 saturated heterocycles. The normalized spacial score (nSPS) is 14.6. The largest absolute Gasteiger partial charge is 0.418 e. The van der Waals surface area contributed by atoms with E-state index in [2.05, 4.69) is 5.32 Å². The Labute approximate surface area is 162 Å². The summed E-state index contributed by atoms with van der Waals surface area (Å²) in [6, 6.07) is 5.80. The van der Waals surface area contributed by atoms with E-state index in [0.717, 1.165) is 18.2 Å². The number of anilines is 2. The molecule has 0 radical (unpaired) electrons. The van der Waals surface area contributed by atoms with Crippen molar-refractivity contribution in [2.24, 2.45) is 0 Å². The third-order valence-electron chi connectivity index (χ3n) is 4.34. The number of rotatable bonds is 4. The molecular formula is C18H15F4N3O4. The minimum absolute atomic E-state index is 0.330. The Morgan fingerprint density at radius 1 is 1.14 bits per heavy atom. The van der Waals surface area contributed by atoms with Gasteiger partial charge in [0.15, 0.2) is 0 Å². The van der Waals surface area contributed by atoms with Gasteiger partial charge in [0.05, 0.1) is 29.4 Å². The number of nitro benzene ring substituents is 1. The molecule has 0 aliphatic carbocycles. The smallest absolute Gasteiger partial charge is 0.378 e. The minimum atomic E-state index is -4.75. The molecular weight excluding hydrogens is 398 g/mol. The standard InChI is InChI=1S/C18H15F4N3O4/c19-14-3-1-11(9-16(14)25(27)28)17(26)23-15-4-2-12(10-13(15)18(20,21)22)24-5-7-29-8-6-24/h1-4,9-10H,5-8H2,(H,23,26). The fourth-order valence-corrected chi connectivity index (χ4v) is 2.88. The molecule has 1 amide bonds. The van der Waals surface area contributed by atoms with Gasteiger partial charge < -0.3 is 15.0 Å². The van der Waals surface area contributed by atoms with Gasteiger partial charge in [0.2, 0.25) is 5.82 Å². The summed E-state index contributed by atoms with van der Waals surface area (Å²) >= 11 is 0. The SMILES string of the molecule is O=C(Nc1ccc(N2CCOCC2)cc1C(F)(F)F)c1ccc(F)c([N+](=O)[O-])c1.